The lowest BCUT2D eigenvalue weighted by molar-refractivity contribution is 1.16. The highest BCUT2D eigenvalue weighted by molar-refractivity contribution is 4.89. The Labute approximate surface area is 36.8 Å². The number of hydrogen-bond donors (Lipinski definition) is 3. The van der Waals surface area contributed by atoms with Gasteiger partial charge in [-0.2, -0.15) is 0 Å². The maximum atomic E-state index is 4.99. The van der Waals surface area contributed by atoms with E-state index in [1.165, 1.54) is 0 Å². The van der Waals surface area contributed by atoms with E-state index in [4.69, 9.17) is 17.2 Å². The van der Waals surface area contributed by atoms with Gasteiger partial charge in [-0.15, -0.1) is 0 Å². The predicted molar refractivity (Wildman–Crippen MR) is 25.5 cm³/mol. The van der Waals surface area contributed by atoms with E-state index < -0.39 is 0 Å². The molecular weight excluding hydrogens is 78.1 g/mol. The Morgan fingerprint density at radius 2 is 2.00 bits per heavy atom. The largest absolute Gasteiger partial charge is 0.386 e. The summed E-state index contributed by atoms with van der Waals surface area (Å²) < 4.78 is 0. The molecule has 0 radical (unpaired) electrons. The average molecular weight is 87.1 g/mol. The lowest BCUT2D eigenvalue weighted by Crippen LogP contribution is -2.10. The molecule has 0 aromatic carbocycles. The van der Waals surface area contributed by atoms with Crippen LogP contribution in [-0.4, -0.2) is 6.54 Å². The van der Waals surface area contributed by atoms with E-state index in [-0.39, 0.29) is 5.82 Å². The molecule has 0 aromatic heterocycles. The summed E-state index contributed by atoms with van der Waals surface area (Å²) in [5.41, 5.74) is 14.9. The molecule has 0 unspecified atom stereocenters. The summed E-state index contributed by atoms with van der Waals surface area (Å²) in [4.78, 5) is 0. The van der Waals surface area contributed by atoms with Crippen LogP contribution in [-0.2, 0) is 0 Å². The molecule has 3 heteroatoms. The van der Waals surface area contributed by atoms with Gasteiger partial charge in [0.15, 0.2) is 0 Å². The summed E-state index contributed by atoms with van der Waals surface area (Å²) in [5, 5.41) is 0. The molecule has 0 heterocycles. The Kier molecular flexibility index (Phi) is 2.24. The monoisotopic (exact) mass is 87.1 g/mol. The minimum absolute atomic E-state index is 0.289. The molecule has 0 amide bonds. The Hall–Kier alpha value is -0.700. The molecule has 0 spiro atoms. The van der Waals surface area contributed by atoms with Crippen molar-refractivity contribution in [3.8, 4) is 0 Å². The first-order valence-corrected chi connectivity index (χ1v) is 1.68. The number of rotatable bonds is 1. The quantitative estimate of drug-likeness (QED) is 0.372. The van der Waals surface area contributed by atoms with E-state index in [2.05, 4.69) is 0 Å². The Bertz CT molecular complexity index is 53.1. The zero-order valence-corrected chi connectivity index (χ0v) is 3.52. The molecule has 0 aliphatic heterocycles. The smallest absolute Gasteiger partial charge is 0.0905 e. The van der Waals surface area contributed by atoms with Gasteiger partial charge in [-0.3, -0.25) is 0 Å². The third-order valence-electron chi connectivity index (χ3n) is 0.354. The highest BCUT2D eigenvalue weighted by atomic mass is 14.8. The zero-order chi connectivity index (χ0) is 4.99. The van der Waals surface area contributed by atoms with Gasteiger partial charge in [-0.25, -0.2) is 0 Å². The van der Waals surface area contributed by atoms with Crippen LogP contribution in [0.4, 0.5) is 0 Å². The third-order valence-corrected chi connectivity index (χ3v) is 0.354. The van der Waals surface area contributed by atoms with Crippen LogP contribution in [0.25, 0.3) is 0 Å². The highest BCUT2D eigenvalue weighted by Gasteiger charge is 1.67. The normalized spacial score (nSPS) is 7.50. The van der Waals surface area contributed by atoms with Crippen molar-refractivity contribution in [3.05, 3.63) is 11.9 Å². The van der Waals surface area contributed by atoms with Crippen LogP contribution in [0.3, 0.4) is 0 Å². The molecule has 0 aromatic rings. The second-order valence-corrected chi connectivity index (χ2v) is 0.940. The van der Waals surface area contributed by atoms with Crippen LogP contribution < -0.4 is 17.2 Å². The summed E-state index contributed by atoms with van der Waals surface area (Å²) in [7, 11) is 0. The van der Waals surface area contributed by atoms with E-state index in [1.54, 1.807) is 6.08 Å². The van der Waals surface area contributed by atoms with Crippen molar-refractivity contribution in [1.29, 1.82) is 0 Å². The van der Waals surface area contributed by atoms with Crippen LogP contribution in [0.15, 0.2) is 11.9 Å². The Morgan fingerprint density at radius 3 is 2.00 bits per heavy atom. The highest BCUT2D eigenvalue weighted by Crippen LogP contribution is 1.60. The van der Waals surface area contributed by atoms with Crippen molar-refractivity contribution in [2.75, 3.05) is 6.54 Å². The Morgan fingerprint density at radius 1 is 1.50 bits per heavy atom. The molecule has 0 bridgehead atoms. The van der Waals surface area contributed by atoms with Crippen LogP contribution >= 0.6 is 0 Å². The third kappa shape index (κ3) is 3.30. The molecular formula is C3H9N3. The van der Waals surface area contributed by atoms with Gasteiger partial charge in [0, 0.05) is 6.54 Å². The fourth-order valence-corrected chi connectivity index (χ4v) is 0.136. The van der Waals surface area contributed by atoms with Crippen molar-refractivity contribution < 1.29 is 0 Å². The van der Waals surface area contributed by atoms with Gasteiger partial charge in [0.25, 0.3) is 0 Å². The second kappa shape index (κ2) is 2.53. The Balaban J connectivity index is 3.14. The van der Waals surface area contributed by atoms with E-state index in [0.717, 1.165) is 0 Å². The van der Waals surface area contributed by atoms with Crippen molar-refractivity contribution in [2.24, 2.45) is 17.2 Å². The van der Waals surface area contributed by atoms with E-state index >= 15 is 0 Å². The molecule has 0 rings (SSSR count). The lowest BCUT2D eigenvalue weighted by atomic mass is 10.6. The van der Waals surface area contributed by atoms with Crippen LogP contribution in [0.5, 0.6) is 0 Å². The van der Waals surface area contributed by atoms with E-state index in [1.807, 2.05) is 0 Å². The molecule has 0 saturated carbocycles. The van der Waals surface area contributed by atoms with Crippen molar-refractivity contribution in [3.63, 3.8) is 0 Å². The van der Waals surface area contributed by atoms with Crippen LogP contribution in [0.2, 0.25) is 0 Å². The van der Waals surface area contributed by atoms with Gasteiger partial charge >= 0.3 is 0 Å². The van der Waals surface area contributed by atoms with Gasteiger partial charge < -0.3 is 17.2 Å². The predicted octanol–water partition coefficient (Wildman–Crippen LogP) is -1.30. The second-order valence-electron chi connectivity index (χ2n) is 0.940. The maximum absolute atomic E-state index is 4.99. The maximum Gasteiger partial charge on any atom is 0.0905 e. The average Bonchev–Trinajstić information content (AvgIpc) is 1.35. The zero-order valence-electron chi connectivity index (χ0n) is 3.52. The summed E-state index contributed by atoms with van der Waals surface area (Å²) in [6.45, 7) is 0.419. The first kappa shape index (κ1) is 5.30. The fraction of sp³-hybridized carbons (Fsp3) is 0.333. The molecule has 6 heavy (non-hydrogen) atoms. The molecule has 0 aliphatic rings. The topological polar surface area (TPSA) is 78.1 Å². The lowest BCUT2D eigenvalue weighted by Gasteiger charge is -1.83. The first-order chi connectivity index (χ1) is 2.77. The van der Waals surface area contributed by atoms with Gasteiger partial charge in [0.2, 0.25) is 0 Å². The van der Waals surface area contributed by atoms with Crippen LogP contribution in [0, 0.1) is 0 Å². The summed E-state index contributed by atoms with van der Waals surface area (Å²) >= 11 is 0. The summed E-state index contributed by atoms with van der Waals surface area (Å²) in [6, 6.07) is 0. The van der Waals surface area contributed by atoms with Crippen molar-refractivity contribution in [2.45, 2.75) is 0 Å². The van der Waals surface area contributed by atoms with E-state index in [0.29, 0.717) is 6.54 Å². The molecule has 3 nitrogen and oxygen atoms in total. The molecule has 0 atom stereocenters. The van der Waals surface area contributed by atoms with Gasteiger partial charge in [-0.1, -0.05) is 0 Å². The molecule has 6 N–H and O–H groups in total. The van der Waals surface area contributed by atoms with Crippen LogP contribution in [0.1, 0.15) is 0 Å². The van der Waals surface area contributed by atoms with E-state index in [9.17, 15) is 0 Å². The standard InChI is InChI=1S/C3H9N3/c4-2-1-3(5)6/h1H,2,4-6H2. The van der Waals surface area contributed by atoms with Gasteiger partial charge in [-0.05, 0) is 6.08 Å². The minimum atomic E-state index is 0.289. The number of hydrogen-bond acceptors (Lipinski definition) is 3. The van der Waals surface area contributed by atoms with Crippen molar-refractivity contribution >= 4 is 0 Å². The van der Waals surface area contributed by atoms with Gasteiger partial charge in [0.1, 0.15) is 0 Å². The summed E-state index contributed by atoms with van der Waals surface area (Å²) in [5.74, 6) is 0.289. The summed E-state index contributed by atoms with van der Waals surface area (Å²) in [6.07, 6.45) is 1.54. The fourth-order valence-electron chi connectivity index (χ4n) is 0.136. The van der Waals surface area contributed by atoms with Gasteiger partial charge in [0.05, 0.1) is 5.82 Å². The first-order valence-electron chi connectivity index (χ1n) is 1.68. The molecule has 0 fully saturated rings. The molecule has 36 valence electrons. The SMILES string of the molecule is NCC=C(N)N. The molecule has 0 aliphatic carbocycles. The number of nitrogens with two attached hydrogens (primary N) is 3. The molecule has 0 saturated heterocycles. The minimum Gasteiger partial charge on any atom is -0.386 e. The van der Waals surface area contributed by atoms with Crippen molar-refractivity contribution in [1.82, 2.24) is 0 Å².